The molecular weight excluding hydrogens is 334 g/mol. The van der Waals surface area contributed by atoms with Crippen LogP contribution in [0.5, 0.6) is 5.75 Å². The Kier molecular flexibility index (Phi) is 5.52. The predicted octanol–water partition coefficient (Wildman–Crippen LogP) is 3.97. The summed E-state index contributed by atoms with van der Waals surface area (Å²) in [6.07, 6.45) is 2.85. The molecule has 0 heterocycles. The average molecular weight is 349 g/mol. The van der Waals surface area contributed by atoms with Crippen molar-refractivity contribution in [2.45, 2.75) is 25.9 Å². The lowest BCUT2D eigenvalue weighted by Gasteiger charge is -2.12. The molecule has 1 aromatic rings. The number of hydrogen-bond donors (Lipinski definition) is 2. The number of rotatable bonds is 5. The molecule has 1 rings (SSSR count). The molecule has 2 nitrogen and oxygen atoms in total. The number of halogens is 2. The second-order valence-corrected chi connectivity index (χ2v) is 5.42. The summed E-state index contributed by atoms with van der Waals surface area (Å²) in [5, 5.41) is 12.9. The molecule has 0 aliphatic carbocycles. The van der Waals surface area contributed by atoms with Gasteiger partial charge in [0.25, 0.3) is 0 Å². The highest BCUT2D eigenvalue weighted by molar-refractivity contribution is 9.11. The van der Waals surface area contributed by atoms with Crippen molar-refractivity contribution in [3.05, 3.63) is 39.3 Å². The third kappa shape index (κ3) is 3.92. The van der Waals surface area contributed by atoms with Gasteiger partial charge in [-0.1, -0.05) is 6.08 Å². The minimum Gasteiger partial charge on any atom is -0.506 e. The van der Waals surface area contributed by atoms with E-state index in [1.807, 2.05) is 18.2 Å². The molecule has 2 N–H and O–H groups in total. The molecule has 0 spiro atoms. The Hall–Kier alpha value is -0.320. The monoisotopic (exact) mass is 347 g/mol. The van der Waals surface area contributed by atoms with Gasteiger partial charge in [-0.15, -0.1) is 6.58 Å². The number of phenolic OH excluding ortho intramolecular Hbond substituents is 1. The average Bonchev–Trinajstić information content (AvgIpc) is 2.23. The standard InChI is InChI=1S/C12H15Br2NO/c1-3-4-8(2)15-7-9-5-10(13)12(16)11(14)6-9/h3,5-6,8,15-16H,1,4,7H2,2H3. The molecule has 0 aliphatic rings. The first-order valence-corrected chi connectivity index (χ1v) is 6.64. The Morgan fingerprint density at radius 2 is 2.00 bits per heavy atom. The van der Waals surface area contributed by atoms with Crippen molar-refractivity contribution < 1.29 is 5.11 Å². The van der Waals surface area contributed by atoms with Gasteiger partial charge in [0, 0.05) is 12.6 Å². The summed E-state index contributed by atoms with van der Waals surface area (Å²) in [4.78, 5) is 0. The normalized spacial score (nSPS) is 12.4. The lowest BCUT2D eigenvalue weighted by molar-refractivity contribution is 0.467. The van der Waals surface area contributed by atoms with Crippen LogP contribution in [0.4, 0.5) is 0 Å². The Morgan fingerprint density at radius 3 is 2.50 bits per heavy atom. The molecule has 0 saturated heterocycles. The highest BCUT2D eigenvalue weighted by atomic mass is 79.9. The van der Waals surface area contributed by atoms with Crippen LogP contribution in [-0.4, -0.2) is 11.1 Å². The van der Waals surface area contributed by atoms with Gasteiger partial charge in [-0.2, -0.15) is 0 Å². The first kappa shape index (κ1) is 13.7. The zero-order valence-corrected chi connectivity index (χ0v) is 12.3. The van der Waals surface area contributed by atoms with Gasteiger partial charge >= 0.3 is 0 Å². The summed E-state index contributed by atoms with van der Waals surface area (Å²) in [6.45, 7) is 6.59. The van der Waals surface area contributed by atoms with E-state index in [0.717, 1.165) is 18.5 Å². The van der Waals surface area contributed by atoms with Gasteiger partial charge in [0.15, 0.2) is 0 Å². The maximum Gasteiger partial charge on any atom is 0.143 e. The van der Waals surface area contributed by atoms with E-state index in [-0.39, 0.29) is 5.75 Å². The van der Waals surface area contributed by atoms with Gasteiger partial charge in [-0.3, -0.25) is 0 Å². The van der Waals surface area contributed by atoms with E-state index in [1.54, 1.807) is 0 Å². The Labute approximate surface area is 113 Å². The van der Waals surface area contributed by atoms with E-state index in [2.05, 4.69) is 50.7 Å². The van der Waals surface area contributed by atoms with Gasteiger partial charge in [0.05, 0.1) is 8.95 Å². The van der Waals surface area contributed by atoms with E-state index in [9.17, 15) is 5.11 Å². The topological polar surface area (TPSA) is 32.3 Å². The fourth-order valence-corrected chi connectivity index (χ4v) is 2.63. The minimum absolute atomic E-state index is 0.239. The summed E-state index contributed by atoms with van der Waals surface area (Å²) in [5.41, 5.74) is 1.12. The third-order valence-electron chi connectivity index (χ3n) is 2.25. The lowest BCUT2D eigenvalue weighted by Crippen LogP contribution is -2.24. The van der Waals surface area contributed by atoms with Crippen molar-refractivity contribution in [3.8, 4) is 5.75 Å². The van der Waals surface area contributed by atoms with E-state index in [0.29, 0.717) is 15.0 Å². The second-order valence-electron chi connectivity index (χ2n) is 3.71. The third-order valence-corrected chi connectivity index (χ3v) is 3.46. The number of nitrogens with one attached hydrogen (secondary N) is 1. The van der Waals surface area contributed by atoms with E-state index >= 15 is 0 Å². The molecule has 0 aliphatic heterocycles. The maximum absolute atomic E-state index is 9.56. The molecule has 1 aromatic carbocycles. The fraction of sp³-hybridized carbons (Fsp3) is 0.333. The molecule has 0 radical (unpaired) electrons. The van der Waals surface area contributed by atoms with E-state index in [4.69, 9.17) is 0 Å². The molecule has 1 unspecified atom stereocenters. The summed E-state index contributed by atoms with van der Waals surface area (Å²) in [7, 11) is 0. The summed E-state index contributed by atoms with van der Waals surface area (Å²) in [6, 6.07) is 4.23. The Bertz CT molecular complexity index is 356. The molecule has 0 saturated carbocycles. The van der Waals surface area contributed by atoms with Crippen LogP contribution in [-0.2, 0) is 6.54 Å². The molecule has 0 bridgehead atoms. The molecule has 0 amide bonds. The van der Waals surface area contributed by atoms with Gasteiger partial charge in [-0.25, -0.2) is 0 Å². The molecule has 16 heavy (non-hydrogen) atoms. The molecular formula is C12H15Br2NO. The molecule has 1 atom stereocenters. The number of phenols is 1. The van der Waals surface area contributed by atoms with Crippen LogP contribution < -0.4 is 5.32 Å². The summed E-state index contributed by atoms with van der Waals surface area (Å²) in [5.74, 6) is 0.239. The Balaban J connectivity index is 2.64. The maximum atomic E-state index is 9.56. The highest BCUT2D eigenvalue weighted by Gasteiger charge is 2.06. The van der Waals surface area contributed by atoms with Crippen molar-refractivity contribution in [2.75, 3.05) is 0 Å². The first-order valence-electron chi connectivity index (χ1n) is 5.05. The van der Waals surface area contributed by atoms with Crippen molar-refractivity contribution >= 4 is 31.9 Å². The van der Waals surface area contributed by atoms with Gasteiger partial charge in [0.1, 0.15) is 5.75 Å². The van der Waals surface area contributed by atoms with Crippen LogP contribution in [0, 0.1) is 0 Å². The molecule has 4 heteroatoms. The van der Waals surface area contributed by atoms with Gasteiger partial charge in [0.2, 0.25) is 0 Å². The largest absolute Gasteiger partial charge is 0.506 e. The summed E-state index contributed by atoms with van der Waals surface area (Å²) >= 11 is 6.62. The molecule has 0 fully saturated rings. The van der Waals surface area contributed by atoms with Crippen molar-refractivity contribution in [1.82, 2.24) is 5.32 Å². The van der Waals surface area contributed by atoms with Gasteiger partial charge < -0.3 is 10.4 Å². The SMILES string of the molecule is C=CCC(C)NCc1cc(Br)c(O)c(Br)c1. The molecule has 0 aromatic heterocycles. The van der Waals surface area contributed by atoms with Crippen molar-refractivity contribution in [1.29, 1.82) is 0 Å². The predicted molar refractivity (Wildman–Crippen MR) is 74.6 cm³/mol. The highest BCUT2D eigenvalue weighted by Crippen LogP contribution is 2.33. The van der Waals surface area contributed by atoms with Crippen LogP contribution in [0.1, 0.15) is 18.9 Å². The van der Waals surface area contributed by atoms with Crippen LogP contribution in [0.2, 0.25) is 0 Å². The first-order chi connectivity index (χ1) is 7.54. The Morgan fingerprint density at radius 1 is 1.44 bits per heavy atom. The second kappa shape index (κ2) is 6.42. The number of hydrogen-bond acceptors (Lipinski definition) is 2. The van der Waals surface area contributed by atoms with Crippen molar-refractivity contribution in [2.24, 2.45) is 0 Å². The lowest BCUT2D eigenvalue weighted by atomic mass is 10.2. The van der Waals surface area contributed by atoms with Crippen LogP contribution >= 0.6 is 31.9 Å². The fourth-order valence-electron chi connectivity index (χ4n) is 1.35. The zero-order chi connectivity index (χ0) is 12.1. The van der Waals surface area contributed by atoms with Crippen LogP contribution in [0.3, 0.4) is 0 Å². The quantitative estimate of drug-likeness (QED) is 0.789. The van der Waals surface area contributed by atoms with Crippen LogP contribution in [0.15, 0.2) is 33.7 Å². The number of benzene rings is 1. The van der Waals surface area contributed by atoms with Crippen molar-refractivity contribution in [3.63, 3.8) is 0 Å². The number of aromatic hydroxyl groups is 1. The summed E-state index contributed by atoms with van der Waals surface area (Å²) < 4.78 is 1.41. The van der Waals surface area contributed by atoms with Gasteiger partial charge in [-0.05, 0) is 62.9 Å². The zero-order valence-electron chi connectivity index (χ0n) is 9.13. The van der Waals surface area contributed by atoms with Crippen LogP contribution in [0.25, 0.3) is 0 Å². The molecule has 88 valence electrons. The minimum atomic E-state index is 0.239. The van der Waals surface area contributed by atoms with E-state index in [1.165, 1.54) is 0 Å². The smallest absolute Gasteiger partial charge is 0.143 e. The van der Waals surface area contributed by atoms with E-state index < -0.39 is 0 Å².